The van der Waals surface area contributed by atoms with Gasteiger partial charge < -0.3 is 10.6 Å². The summed E-state index contributed by atoms with van der Waals surface area (Å²) in [6.07, 6.45) is 3.24. The summed E-state index contributed by atoms with van der Waals surface area (Å²) in [6.45, 7) is 2.06. The van der Waals surface area contributed by atoms with Gasteiger partial charge in [0.1, 0.15) is 0 Å². The standard InChI is InChI=1S/C14H16BrClN2O/c15-9-1-2-11(16)12(7-9)18-13(19)10-8-14(10)3-5-17-6-4-14/h1-2,7,10,17H,3-6,8H2,(H,18,19). The summed E-state index contributed by atoms with van der Waals surface area (Å²) in [4.78, 5) is 12.3. The Labute approximate surface area is 126 Å². The van der Waals surface area contributed by atoms with Gasteiger partial charge in [0, 0.05) is 10.4 Å². The Kier molecular flexibility index (Phi) is 3.58. The van der Waals surface area contributed by atoms with Crippen LogP contribution in [0.25, 0.3) is 0 Å². The zero-order chi connectivity index (χ0) is 13.5. The zero-order valence-electron chi connectivity index (χ0n) is 10.5. The van der Waals surface area contributed by atoms with Crippen LogP contribution in [0.2, 0.25) is 5.02 Å². The average Bonchev–Trinajstić information content (AvgIpc) is 3.08. The van der Waals surface area contributed by atoms with Gasteiger partial charge in [0.05, 0.1) is 10.7 Å². The third-order valence-corrected chi connectivity index (χ3v) is 5.11. The second-order valence-corrected chi connectivity index (χ2v) is 6.81. The van der Waals surface area contributed by atoms with Crippen LogP contribution in [0.5, 0.6) is 0 Å². The third-order valence-electron chi connectivity index (χ3n) is 4.29. The van der Waals surface area contributed by atoms with Gasteiger partial charge in [0.25, 0.3) is 0 Å². The molecule has 1 aromatic carbocycles. The normalized spacial score (nSPS) is 24.2. The van der Waals surface area contributed by atoms with E-state index in [4.69, 9.17) is 11.6 Å². The number of halogens is 2. The van der Waals surface area contributed by atoms with Crippen LogP contribution in [0.4, 0.5) is 5.69 Å². The van der Waals surface area contributed by atoms with E-state index in [0.717, 1.165) is 36.8 Å². The molecule has 2 N–H and O–H groups in total. The molecular weight excluding hydrogens is 328 g/mol. The molecule has 1 aliphatic carbocycles. The van der Waals surface area contributed by atoms with E-state index in [1.807, 2.05) is 12.1 Å². The molecule has 2 aliphatic rings. The van der Waals surface area contributed by atoms with Crippen molar-refractivity contribution in [2.75, 3.05) is 18.4 Å². The smallest absolute Gasteiger partial charge is 0.228 e. The second kappa shape index (κ2) is 5.08. The van der Waals surface area contributed by atoms with E-state index in [2.05, 4.69) is 26.6 Å². The van der Waals surface area contributed by atoms with Gasteiger partial charge in [0.2, 0.25) is 5.91 Å². The minimum Gasteiger partial charge on any atom is -0.324 e. The Hall–Kier alpha value is -0.580. The summed E-state index contributed by atoms with van der Waals surface area (Å²) in [5.41, 5.74) is 0.949. The van der Waals surface area contributed by atoms with Crippen molar-refractivity contribution < 1.29 is 4.79 Å². The molecule has 1 amide bonds. The van der Waals surface area contributed by atoms with Crippen molar-refractivity contribution in [3.63, 3.8) is 0 Å². The van der Waals surface area contributed by atoms with E-state index in [0.29, 0.717) is 10.7 Å². The maximum absolute atomic E-state index is 12.3. The zero-order valence-corrected chi connectivity index (χ0v) is 12.9. The molecule has 1 saturated carbocycles. The predicted molar refractivity (Wildman–Crippen MR) is 80.4 cm³/mol. The number of hydrogen-bond donors (Lipinski definition) is 2. The lowest BCUT2D eigenvalue weighted by Crippen LogP contribution is -2.31. The molecule has 3 nitrogen and oxygen atoms in total. The van der Waals surface area contributed by atoms with Crippen LogP contribution in [0.15, 0.2) is 22.7 Å². The molecule has 1 heterocycles. The number of hydrogen-bond acceptors (Lipinski definition) is 2. The van der Waals surface area contributed by atoms with Crippen molar-refractivity contribution in [3.8, 4) is 0 Å². The van der Waals surface area contributed by atoms with Crippen LogP contribution in [0.1, 0.15) is 19.3 Å². The minimum atomic E-state index is 0.113. The summed E-state index contributed by atoms with van der Waals surface area (Å²) >= 11 is 9.49. The van der Waals surface area contributed by atoms with Crippen LogP contribution in [0, 0.1) is 11.3 Å². The van der Waals surface area contributed by atoms with Crippen LogP contribution in [-0.2, 0) is 4.79 Å². The number of rotatable bonds is 2. The molecule has 3 rings (SSSR count). The molecular formula is C14H16BrClN2O. The highest BCUT2D eigenvalue weighted by Crippen LogP contribution is 2.58. The molecule has 2 fully saturated rings. The first-order chi connectivity index (χ1) is 9.11. The Morgan fingerprint density at radius 2 is 2.16 bits per heavy atom. The van der Waals surface area contributed by atoms with Crippen LogP contribution >= 0.6 is 27.5 Å². The highest BCUT2D eigenvalue weighted by atomic mass is 79.9. The molecule has 1 spiro atoms. The molecule has 19 heavy (non-hydrogen) atoms. The van der Waals surface area contributed by atoms with E-state index < -0.39 is 0 Å². The van der Waals surface area contributed by atoms with Crippen molar-refractivity contribution in [2.24, 2.45) is 11.3 Å². The number of carbonyl (C=O) groups excluding carboxylic acids is 1. The lowest BCUT2D eigenvalue weighted by Gasteiger charge is -2.23. The molecule has 0 aromatic heterocycles. The van der Waals surface area contributed by atoms with Gasteiger partial charge in [-0.25, -0.2) is 0 Å². The summed E-state index contributed by atoms with van der Waals surface area (Å²) in [6, 6.07) is 5.50. The topological polar surface area (TPSA) is 41.1 Å². The Morgan fingerprint density at radius 1 is 1.42 bits per heavy atom. The molecule has 1 unspecified atom stereocenters. The van der Waals surface area contributed by atoms with Gasteiger partial charge >= 0.3 is 0 Å². The lowest BCUT2D eigenvalue weighted by molar-refractivity contribution is -0.118. The van der Waals surface area contributed by atoms with Crippen molar-refractivity contribution in [1.82, 2.24) is 5.32 Å². The summed E-state index contributed by atoms with van der Waals surface area (Å²) in [5, 5.41) is 6.89. The van der Waals surface area contributed by atoms with Gasteiger partial charge in [-0.1, -0.05) is 27.5 Å². The number of carbonyl (C=O) groups is 1. The first-order valence-corrected chi connectivity index (χ1v) is 7.74. The molecule has 102 valence electrons. The van der Waals surface area contributed by atoms with Gasteiger partial charge in [-0.3, -0.25) is 4.79 Å². The maximum atomic E-state index is 12.3. The summed E-state index contributed by atoms with van der Waals surface area (Å²) in [7, 11) is 0. The molecule has 1 aromatic rings. The monoisotopic (exact) mass is 342 g/mol. The van der Waals surface area contributed by atoms with E-state index in [1.165, 1.54) is 0 Å². The highest BCUT2D eigenvalue weighted by molar-refractivity contribution is 9.10. The second-order valence-electron chi connectivity index (χ2n) is 5.48. The highest BCUT2D eigenvalue weighted by Gasteiger charge is 2.57. The molecule has 0 radical (unpaired) electrons. The van der Waals surface area contributed by atoms with Gasteiger partial charge in [-0.15, -0.1) is 0 Å². The average molecular weight is 344 g/mol. The van der Waals surface area contributed by atoms with E-state index >= 15 is 0 Å². The van der Waals surface area contributed by atoms with Crippen molar-refractivity contribution >= 4 is 39.1 Å². The van der Waals surface area contributed by atoms with E-state index in [1.54, 1.807) is 6.07 Å². The number of piperidine rings is 1. The fourth-order valence-electron chi connectivity index (χ4n) is 3.01. The number of benzene rings is 1. The Morgan fingerprint density at radius 3 is 2.89 bits per heavy atom. The van der Waals surface area contributed by atoms with Gasteiger partial charge in [-0.05, 0) is 56.0 Å². The Balaban J connectivity index is 1.68. The predicted octanol–water partition coefficient (Wildman–Crippen LogP) is 3.43. The van der Waals surface area contributed by atoms with Crippen molar-refractivity contribution in [3.05, 3.63) is 27.7 Å². The summed E-state index contributed by atoms with van der Waals surface area (Å²) in [5.74, 6) is 0.270. The molecule has 1 aliphatic heterocycles. The first-order valence-electron chi connectivity index (χ1n) is 6.57. The largest absolute Gasteiger partial charge is 0.324 e. The van der Waals surface area contributed by atoms with Crippen LogP contribution < -0.4 is 10.6 Å². The van der Waals surface area contributed by atoms with Crippen LogP contribution in [0.3, 0.4) is 0 Å². The molecule has 1 atom stereocenters. The van der Waals surface area contributed by atoms with Crippen molar-refractivity contribution in [1.29, 1.82) is 0 Å². The molecule has 5 heteroatoms. The number of anilines is 1. The molecule has 1 saturated heterocycles. The van der Waals surface area contributed by atoms with Gasteiger partial charge in [0.15, 0.2) is 0 Å². The Bertz CT molecular complexity index is 514. The van der Waals surface area contributed by atoms with E-state index in [9.17, 15) is 4.79 Å². The molecule has 0 bridgehead atoms. The van der Waals surface area contributed by atoms with Crippen LogP contribution in [-0.4, -0.2) is 19.0 Å². The van der Waals surface area contributed by atoms with Crippen molar-refractivity contribution in [2.45, 2.75) is 19.3 Å². The third kappa shape index (κ3) is 2.67. The maximum Gasteiger partial charge on any atom is 0.228 e. The SMILES string of the molecule is O=C(Nc1cc(Br)ccc1Cl)C1CC12CCNCC2. The lowest BCUT2D eigenvalue weighted by atomic mass is 9.92. The quantitative estimate of drug-likeness (QED) is 0.864. The first kappa shape index (κ1) is 13.4. The fourth-order valence-corrected chi connectivity index (χ4v) is 3.53. The van der Waals surface area contributed by atoms with E-state index in [-0.39, 0.29) is 17.2 Å². The minimum absolute atomic E-state index is 0.113. The summed E-state index contributed by atoms with van der Waals surface area (Å²) < 4.78 is 0.916. The van der Waals surface area contributed by atoms with Gasteiger partial charge in [-0.2, -0.15) is 0 Å². The fraction of sp³-hybridized carbons (Fsp3) is 0.500. The number of nitrogens with one attached hydrogen (secondary N) is 2. The number of amides is 1.